The van der Waals surface area contributed by atoms with Crippen LogP contribution < -0.4 is 10.2 Å². The Labute approximate surface area is 92.1 Å². The first-order valence-electron chi connectivity index (χ1n) is 5.16. The van der Waals surface area contributed by atoms with Crippen molar-refractivity contribution in [2.24, 2.45) is 0 Å². The molecule has 2 rings (SSSR count). The second-order valence-electron chi connectivity index (χ2n) is 3.73. The van der Waals surface area contributed by atoms with Gasteiger partial charge >= 0.3 is 0 Å². The predicted octanol–water partition coefficient (Wildman–Crippen LogP) is 2.13. The standard InChI is InChI=1S/C11H12F2N2O/c1-2-5-15-6-9(16)14-8-4-3-7(12)10(13)11(8)15/h3-4H,2,5-6H2,1H3,(H,14,16). The van der Waals surface area contributed by atoms with E-state index in [1.165, 1.54) is 6.07 Å². The maximum absolute atomic E-state index is 13.6. The van der Waals surface area contributed by atoms with Crippen LogP contribution >= 0.6 is 0 Å². The van der Waals surface area contributed by atoms with Gasteiger partial charge in [0.15, 0.2) is 11.6 Å². The quantitative estimate of drug-likeness (QED) is 0.837. The molecule has 1 aliphatic rings. The van der Waals surface area contributed by atoms with Crippen LogP contribution in [-0.4, -0.2) is 19.0 Å². The third-order valence-corrected chi connectivity index (χ3v) is 2.49. The lowest BCUT2D eigenvalue weighted by atomic mass is 10.1. The summed E-state index contributed by atoms with van der Waals surface area (Å²) >= 11 is 0. The topological polar surface area (TPSA) is 32.3 Å². The van der Waals surface area contributed by atoms with Crippen LogP contribution in [-0.2, 0) is 4.79 Å². The van der Waals surface area contributed by atoms with Crippen LogP contribution in [0.3, 0.4) is 0 Å². The van der Waals surface area contributed by atoms with E-state index in [2.05, 4.69) is 5.32 Å². The summed E-state index contributed by atoms with van der Waals surface area (Å²) in [6.45, 7) is 2.52. The molecular formula is C11H12F2N2O. The first-order chi connectivity index (χ1) is 7.63. The van der Waals surface area contributed by atoms with Crippen LogP contribution in [0.25, 0.3) is 0 Å². The molecule has 0 aromatic heterocycles. The number of fused-ring (bicyclic) bond motifs is 1. The van der Waals surface area contributed by atoms with Crippen LogP contribution in [0.2, 0.25) is 0 Å². The third-order valence-electron chi connectivity index (χ3n) is 2.49. The highest BCUT2D eigenvalue weighted by Gasteiger charge is 2.26. The van der Waals surface area contributed by atoms with E-state index in [-0.39, 0.29) is 18.1 Å². The van der Waals surface area contributed by atoms with E-state index < -0.39 is 11.6 Å². The first-order valence-corrected chi connectivity index (χ1v) is 5.16. The summed E-state index contributed by atoms with van der Waals surface area (Å²) in [6, 6.07) is 2.40. The second-order valence-corrected chi connectivity index (χ2v) is 3.73. The highest BCUT2D eigenvalue weighted by Crippen LogP contribution is 2.33. The molecule has 1 amide bonds. The molecule has 1 heterocycles. The van der Waals surface area contributed by atoms with Gasteiger partial charge in [-0.15, -0.1) is 0 Å². The number of carbonyl (C=O) groups is 1. The minimum atomic E-state index is -0.897. The van der Waals surface area contributed by atoms with Crippen molar-refractivity contribution in [3.8, 4) is 0 Å². The van der Waals surface area contributed by atoms with E-state index in [1.807, 2.05) is 6.92 Å². The van der Waals surface area contributed by atoms with Gasteiger partial charge in [-0.25, -0.2) is 8.78 Å². The fraction of sp³-hybridized carbons (Fsp3) is 0.364. The molecule has 86 valence electrons. The summed E-state index contributed by atoms with van der Waals surface area (Å²) in [5, 5.41) is 2.53. The fourth-order valence-corrected chi connectivity index (χ4v) is 1.85. The molecule has 0 unspecified atom stereocenters. The van der Waals surface area contributed by atoms with Gasteiger partial charge in [-0.05, 0) is 18.6 Å². The zero-order valence-electron chi connectivity index (χ0n) is 8.89. The summed E-state index contributed by atoms with van der Waals surface area (Å²) in [5.41, 5.74) is 0.491. The summed E-state index contributed by atoms with van der Waals surface area (Å²) in [5.74, 6) is -1.99. The number of amides is 1. The van der Waals surface area contributed by atoms with Crippen molar-refractivity contribution >= 4 is 17.3 Å². The van der Waals surface area contributed by atoms with Gasteiger partial charge in [0.1, 0.15) is 5.69 Å². The van der Waals surface area contributed by atoms with Crippen LogP contribution in [0, 0.1) is 11.6 Å². The van der Waals surface area contributed by atoms with Crippen molar-refractivity contribution < 1.29 is 13.6 Å². The molecule has 3 nitrogen and oxygen atoms in total. The molecule has 16 heavy (non-hydrogen) atoms. The zero-order chi connectivity index (χ0) is 11.7. The number of hydrogen-bond donors (Lipinski definition) is 1. The lowest BCUT2D eigenvalue weighted by Gasteiger charge is -2.30. The Balaban J connectivity index is 2.49. The Kier molecular flexibility index (Phi) is 2.77. The van der Waals surface area contributed by atoms with Gasteiger partial charge in [0.05, 0.1) is 12.2 Å². The van der Waals surface area contributed by atoms with Crippen molar-refractivity contribution in [3.05, 3.63) is 23.8 Å². The third kappa shape index (κ3) is 1.73. The van der Waals surface area contributed by atoms with Gasteiger partial charge in [0.2, 0.25) is 5.91 Å². The normalized spacial score (nSPS) is 14.7. The number of rotatable bonds is 2. The summed E-state index contributed by atoms with van der Waals surface area (Å²) in [6.07, 6.45) is 0.767. The van der Waals surface area contributed by atoms with Crippen LogP contribution in [0.5, 0.6) is 0 Å². The minimum Gasteiger partial charge on any atom is -0.358 e. The van der Waals surface area contributed by atoms with Crippen molar-refractivity contribution in [2.75, 3.05) is 23.3 Å². The molecule has 0 bridgehead atoms. The molecule has 1 N–H and O–H groups in total. The molecule has 0 fully saturated rings. The molecule has 1 aromatic carbocycles. The van der Waals surface area contributed by atoms with Gasteiger partial charge < -0.3 is 10.2 Å². The maximum atomic E-state index is 13.6. The van der Waals surface area contributed by atoms with Gasteiger partial charge in [-0.3, -0.25) is 4.79 Å². The number of anilines is 2. The number of halogens is 2. The van der Waals surface area contributed by atoms with Gasteiger partial charge in [-0.1, -0.05) is 6.92 Å². The summed E-state index contributed by atoms with van der Waals surface area (Å²) in [7, 11) is 0. The van der Waals surface area contributed by atoms with Crippen molar-refractivity contribution in [2.45, 2.75) is 13.3 Å². The zero-order valence-corrected chi connectivity index (χ0v) is 8.89. The lowest BCUT2D eigenvalue weighted by molar-refractivity contribution is -0.115. The fourth-order valence-electron chi connectivity index (χ4n) is 1.85. The molecule has 0 spiro atoms. The molecule has 0 saturated carbocycles. The lowest BCUT2D eigenvalue weighted by Crippen LogP contribution is -2.39. The highest BCUT2D eigenvalue weighted by molar-refractivity contribution is 6.01. The van der Waals surface area contributed by atoms with Crippen molar-refractivity contribution in [1.82, 2.24) is 0 Å². The summed E-state index contributed by atoms with van der Waals surface area (Å²) in [4.78, 5) is 12.9. The number of nitrogens with zero attached hydrogens (tertiary/aromatic N) is 1. The molecule has 0 saturated heterocycles. The molecular weight excluding hydrogens is 214 g/mol. The molecule has 5 heteroatoms. The highest BCUT2D eigenvalue weighted by atomic mass is 19.2. The van der Waals surface area contributed by atoms with Crippen LogP contribution in [0.15, 0.2) is 12.1 Å². The Morgan fingerprint density at radius 2 is 2.19 bits per heavy atom. The van der Waals surface area contributed by atoms with Crippen molar-refractivity contribution in [1.29, 1.82) is 0 Å². The number of carbonyl (C=O) groups excluding carboxylic acids is 1. The van der Waals surface area contributed by atoms with E-state index in [1.54, 1.807) is 4.90 Å². The second kappa shape index (κ2) is 4.08. The number of hydrogen-bond acceptors (Lipinski definition) is 2. The van der Waals surface area contributed by atoms with Gasteiger partial charge in [0.25, 0.3) is 0 Å². The average molecular weight is 226 g/mol. The number of benzene rings is 1. The Morgan fingerprint density at radius 1 is 1.44 bits per heavy atom. The molecule has 1 aliphatic heterocycles. The SMILES string of the molecule is CCCN1CC(=O)Nc2ccc(F)c(F)c21. The van der Waals surface area contributed by atoms with E-state index in [0.717, 1.165) is 12.5 Å². The van der Waals surface area contributed by atoms with Crippen LogP contribution in [0.1, 0.15) is 13.3 Å². The van der Waals surface area contributed by atoms with Crippen molar-refractivity contribution in [3.63, 3.8) is 0 Å². The average Bonchev–Trinajstić information content (AvgIpc) is 2.23. The molecule has 0 radical (unpaired) electrons. The smallest absolute Gasteiger partial charge is 0.243 e. The molecule has 1 aromatic rings. The van der Waals surface area contributed by atoms with E-state index in [9.17, 15) is 13.6 Å². The molecule has 0 aliphatic carbocycles. The Morgan fingerprint density at radius 3 is 2.88 bits per heavy atom. The number of nitrogens with one attached hydrogen (secondary N) is 1. The van der Waals surface area contributed by atoms with E-state index >= 15 is 0 Å². The Hall–Kier alpha value is -1.65. The Bertz CT molecular complexity index is 434. The largest absolute Gasteiger partial charge is 0.358 e. The monoisotopic (exact) mass is 226 g/mol. The van der Waals surface area contributed by atoms with Gasteiger partial charge in [-0.2, -0.15) is 0 Å². The van der Waals surface area contributed by atoms with E-state index in [0.29, 0.717) is 12.2 Å². The molecule has 0 atom stereocenters. The first kappa shape index (κ1) is 10.9. The predicted molar refractivity (Wildman–Crippen MR) is 57.5 cm³/mol. The maximum Gasteiger partial charge on any atom is 0.243 e. The van der Waals surface area contributed by atoms with Gasteiger partial charge in [0, 0.05) is 6.54 Å². The minimum absolute atomic E-state index is 0.0706. The van der Waals surface area contributed by atoms with E-state index in [4.69, 9.17) is 0 Å². The van der Waals surface area contributed by atoms with Crippen LogP contribution in [0.4, 0.5) is 20.2 Å². The summed E-state index contributed by atoms with van der Waals surface area (Å²) < 4.78 is 26.7.